The van der Waals surface area contributed by atoms with E-state index in [9.17, 15) is 4.79 Å². The van der Waals surface area contributed by atoms with Crippen molar-refractivity contribution in [2.45, 2.75) is 13.3 Å². The molecule has 0 saturated carbocycles. The van der Waals surface area contributed by atoms with Gasteiger partial charge in [0.05, 0.1) is 13.0 Å². The van der Waals surface area contributed by atoms with Crippen LogP contribution in [0.2, 0.25) is 0 Å². The normalized spacial score (nSPS) is 11.9. The molecule has 15 heavy (non-hydrogen) atoms. The first kappa shape index (κ1) is 11.5. The van der Waals surface area contributed by atoms with E-state index in [1.807, 2.05) is 31.2 Å². The van der Waals surface area contributed by atoms with Gasteiger partial charge in [-0.1, -0.05) is 43.8 Å². The largest absolute Gasteiger partial charge is 0.469 e. The Morgan fingerprint density at radius 3 is 2.53 bits per heavy atom. The van der Waals surface area contributed by atoms with Crippen LogP contribution in [0.3, 0.4) is 0 Å². The van der Waals surface area contributed by atoms with Crippen molar-refractivity contribution in [3.8, 4) is 0 Å². The molecule has 0 aliphatic heterocycles. The number of ether oxygens (including phenoxy) is 1. The zero-order valence-electron chi connectivity index (χ0n) is 9.19. The molecule has 0 N–H and O–H groups in total. The molecule has 0 saturated heterocycles. The first-order valence-corrected chi connectivity index (χ1v) is 4.96. The molecular weight excluding hydrogens is 188 g/mol. The minimum Gasteiger partial charge on any atom is -0.469 e. The van der Waals surface area contributed by atoms with Gasteiger partial charge < -0.3 is 4.74 Å². The predicted octanol–water partition coefficient (Wildman–Crippen LogP) is 2.68. The van der Waals surface area contributed by atoms with Crippen molar-refractivity contribution in [1.82, 2.24) is 0 Å². The Morgan fingerprint density at radius 2 is 2.07 bits per heavy atom. The average Bonchev–Trinajstić information content (AvgIpc) is 2.29. The highest BCUT2D eigenvalue weighted by Gasteiger charge is 2.13. The molecule has 2 heteroatoms. The summed E-state index contributed by atoms with van der Waals surface area (Å²) in [5.74, 6) is -0.257. The third-order valence-corrected chi connectivity index (χ3v) is 2.36. The van der Waals surface area contributed by atoms with Gasteiger partial charge in [0, 0.05) is 0 Å². The summed E-state index contributed by atoms with van der Waals surface area (Å²) in [5, 5.41) is 0. The fourth-order valence-corrected chi connectivity index (χ4v) is 1.43. The Morgan fingerprint density at radius 1 is 1.47 bits per heavy atom. The van der Waals surface area contributed by atoms with E-state index in [2.05, 4.69) is 11.3 Å². The van der Waals surface area contributed by atoms with Crippen LogP contribution in [0.4, 0.5) is 0 Å². The van der Waals surface area contributed by atoms with E-state index in [0.29, 0.717) is 6.42 Å². The summed E-state index contributed by atoms with van der Waals surface area (Å²) in [6, 6.07) is 8.01. The van der Waals surface area contributed by atoms with E-state index < -0.39 is 0 Å². The lowest BCUT2D eigenvalue weighted by molar-refractivity contribution is -0.144. The molecule has 0 fully saturated rings. The molecule has 0 aromatic heterocycles. The van der Waals surface area contributed by atoms with Gasteiger partial charge in [0.15, 0.2) is 0 Å². The number of hydrogen-bond donors (Lipinski definition) is 0. The number of methoxy groups -OCH3 is 1. The maximum atomic E-state index is 11.2. The molecule has 0 bridgehead atoms. The first-order chi connectivity index (χ1) is 7.17. The van der Waals surface area contributed by atoms with Crippen LogP contribution in [-0.4, -0.2) is 13.1 Å². The molecule has 0 unspecified atom stereocenters. The van der Waals surface area contributed by atoms with Crippen molar-refractivity contribution < 1.29 is 9.53 Å². The van der Waals surface area contributed by atoms with Crippen LogP contribution in [0, 0.1) is 5.92 Å². The second kappa shape index (κ2) is 5.35. The lowest BCUT2D eigenvalue weighted by atomic mass is 10.0. The zero-order chi connectivity index (χ0) is 11.3. The molecule has 2 nitrogen and oxygen atoms in total. The Kier molecular flexibility index (Phi) is 4.10. The Hall–Kier alpha value is -1.57. The molecule has 1 rings (SSSR count). The summed E-state index contributed by atoms with van der Waals surface area (Å²) in [4.78, 5) is 11.2. The van der Waals surface area contributed by atoms with Crippen LogP contribution in [-0.2, 0) is 16.0 Å². The van der Waals surface area contributed by atoms with Crippen LogP contribution < -0.4 is 0 Å². The second-order valence-corrected chi connectivity index (χ2v) is 3.57. The number of hydrogen-bond acceptors (Lipinski definition) is 2. The van der Waals surface area contributed by atoms with Crippen molar-refractivity contribution in [3.05, 3.63) is 42.0 Å². The molecule has 0 radical (unpaired) electrons. The van der Waals surface area contributed by atoms with Crippen LogP contribution in [0.15, 0.2) is 30.8 Å². The van der Waals surface area contributed by atoms with E-state index in [4.69, 9.17) is 0 Å². The summed E-state index contributed by atoms with van der Waals surface area (Å²) >= 11 is 0. The smallest absolute Gasteiger partial charge is 0.308 e. The fraction of sp³-hybridized carbons (Fsp3) is 0.308. The highest BCUT2D eigenvalue weighted by Crippen LogP contribution is 2.11. The molecule has 1 aromatic rings. The summed E-state index contributed by atoms with van der Waals surface area (Å²) in [6.07, 6.45) is 2.51. The number of esters is 1. The van der Waals surface area contributed by atoms with E-state index in [1.54, 1.807) is 6.08 Å². The highest BCUT2D eigenvalue weighted by molar-refractivity contribution is 5.72. The van der Waals surface area contributed by atoms with Gasteiger partial charge in [-0.2, -0.15) is 0 Å². The average molecular weight is 204 g/mol. The Balaban J connectivity index is 2.64. The van der Waals surface area contributed by atoms with Gasteiger partial charge in [0.25, 0.3) is 0 Å². The lowest BCUT2D eigenvalue weighted by Crippen LogP contribution is -2.14. The third kappa shape index (κ3) is 3.24. The van der Waals surface area contributed by atoms with Crippen molar-refractivity contribution >= 4 is 12.0 Å². The zero-order valence-corrected chi connectivity index (χ0v) is 9.19. The van der Waals surface area contributed by atoms with Gasteiger partial charge in [0.2, 0.25) is 0 Å². The summed E-state index contributed by atoms with van der Waals surface area (Å²) in [6.45, 7) is 5.56. The molecule has 0 heterocycles. The van der Waals surface area contributed by atoms with Gasteiger partial charge in [0.1, 0.15) is 0 Å². The number of carbonyl (C=O) groups excluding carboxylic acids is 1. The number of rotatable bonds is 4. The second-order valence-electron chi connectivity index (χ2n) is 3.57. The highest BCUT2D eigenvalue weighted by atomic mass is 16.5. The minimum atomic E-state index is -0.164. The van der Waals surface area contributed by atoms with E-state index >= 15 is 0 Å². The molecular formula is C13H16O2. The van der Waals surface area contributed by atoms with Crippen LogP contribution in [0.5, 0.6) is 0 Å². The molecule has 80 valence electrons. The van der Waals surface area contributed by atoms with Crippen molar-refractivity contribution in [3.63, 3.8) is 0 Å². The van der Waals surface area contributed by atoms with Gasteiger partial charge in [-0.15, -0.1) is 0 Å². The quantitative estimate of drug-likeness (QED) is 0.705. The number of carbonyl (C=O) groups is 1. The molecule has 0 aliphatic carbocycles. The Labute approximate surface area is 90.6 Å². The molecule has 1 aromatic carbocycles. The van der Waals surface area contributed by atoms with Crippen LogP contribution in [0.1, 0.15) is 18.1 Å². The SMILES string of the molecule is C=Cc1ccc(C[C@H](C)C(=O)OC)cc1. The Bertz CT molecular complexity index is 338. The molecule has 0 amide bonds. The molecule has 1 atom stereocenters. The van der Waals surface area contributed by atoms with Crippen LogP contribution in [0.25, 0.3) is 6.08 Å². The topological polar surface area (TPSA) is 26.3 Å². The van der Waals surface area contributed by atoms with Crippen molar-refractivity contribution in [2.24, 2.45) is 5.92 Å². The van der Waals surface area contributed by atoms with Gasteiger partial charge in [-0.25, -0.2) is 0 Å². The monoisotopic (exact) mass is 204 g/mol. The van der Waals surface area contributed by atoms with E-state index in [-0.39, 0.29) is 11.9 Å². The number of benzene rings is 1. The molecule has 0 aliphatic rings. The van der Waals surface area contributed by atoms with Crippen LogP contribution >= 0.6 is 0 Å². The van der Waals surface area contributed by atoms with Gasteiger partial charge in [-0.05, 0) is 17.5 Å². The summed E-state index contributed by atoms with van der Waals surface area (Å²) in [5.41, 5.74) is 2.22. The molecule has 0 spiro atoms. The predicted molar refractivity (Wildman–Crippen MR) is 61.4 cm³/mol. The summed E-state index contributed by atoms with van der Waals surface area (Å²) < 4.78 is 4.67. The standard InChI is InChI=1S/C13H16O2/c1-4-11-5-7-12(8-6-11)9-10(2)13(14)15-3/h4-8,10H,1,9H2,2-3H3/t10-/m0/s1. The summed E-state index contributed by atoms with van der Waals surface area (Å²) in [7, 11) is 1.42. The first-order valence-electron chi connectivity index (χ1n) is 4.96. The maximum Gasteiger partial charge on any atom is 0.308 e. The van der Waals surface area contributed by atoms with E-state index in [0.717, 1.165) is 11.1 Å². The van der Waals surface area contributed by atoms with Gasteiger partial charge in [-0.3, -0.25) is 4.79 Å². The van der Waals surface area contributed by atoms with Crippen molar-refractivity contribution in [2.75, 3.05) is 7.11 Å². The van der Waals surface area contributed by atoms with Gasteiger partial charge >= 0.3 is 5.97 Å². The third-order valence-electron chi connectivity index (χ3n) is 2.36. The fourth-order valence-electron chi connectivity index (χ4n) is 1.43. The van der Waals surface area contributed by atoms with E-state index in [1.165, 1.54) is 7.11 Å². The minimum absolute atomic E-state index is 0.0930. The van der Waals surface area contributed by atoms with Crippen molar-refractivity contribution in [1.29, 1.82) is 0 Å². The maximum absolute atomic E-state index is 11.2. The lowest BCUT2D eigenvalue weighted by Gasteiger charge is -2.08.